The molecule has 0 atom stereocenters. The summed E-state index contributed by atoms with van der Waals surface area (Å²) in [6, 6.07) is 14.1. The Morgan fingerprint density at radius 2 is 1.19 bits per heavy atom. The summed E-state index contributed by atoms with van der Waals surface area (Å²) in [7, 11) is 0. The summed E-state index contributed by atoms with van der Waals surface area (Å²) >= 11 is 0. The van der Waals surface area contributed by atoms with Crippen LogP contribution in [-0.4, -0.2) is 16.7 Å². The molecule has 2 aromatic rings. The van der Waals surface area contributed by atoms with Gasteiger partial charge in [-0.05, 0) is 41.1 Å². The highest BCUT2D eigenvalue weighted by molar-refractivity contribution is 6.21. The quantitative estimate of drug-likeness (QED) is 0.384. The summed E-state index contributed by atoms with van der Waals surface area (Å²) in [6.45, 7) is 1.87. The molecule has 2 N–H and O–H groups in total. The number of fused-ring (bicyclic) bond motifs is 1. The highest BCUT2D eigenvalue weighted by Crippen LogP contribution is 2.15. The van der Waals surface area contributed by atoms with E-state index in [1.165, 1.54) is 17.1 Å². The summed E-state index contributed by atoms with van der Waals surface area (Å²) in [5, 5.41) is 8.92. The lowest BCUT2D eigenvalue weighted by Gasteiger charge is -2.06. The number of aromatic hydroxyl groups is 1. The zero-order valence-corrected chi connectivity index (χ0v) is 13.8. The number of hydrogen-bond donors (Lipinski definition) is 2. The lowest BCUT2D eigenvalue weighted by atomic mass is 9.95. The van der Waals surface area contributed by atoms with Crippen molar-refractivity contribution in [2.75, 3.05) is 0 Å². The minimum absolute atomic E-state index is 0.0924. The van der Waals surface area contributed by atoms with Crippen LogP contribution in [0, 0.1) is 12.5 Å². The highest BCUT2D eigenvalue weighted by Gasteiger charge is 2.16. The second-order valence-electron chi connectivity index (χ2n) is 4.58. The molecule has 1 aliphatic carbocycles. The van der Waals surface area contributed by atoms with Gasteiger partial charge in [-0.25, -0.2) is 0 Å². The van der Waals surface area contributed by atoms with Crippen LogP contribution in [0.2, 0.25) is 0 Å². The predicted molar refractivity (Wildman–Crippen MR) is 96.6 cm³/mol. The van der Waals surface area contributed by atoms with Gasteiger partial charge in [-0.1, -0.05) is 42.5 Å². The molecule has 3 rings (SSSR count). The van der Waals surface area contributed by atoms with Gasteiger partial charge in [-0.15, -0.1) is 5.53 Å². The van der Waals surface area contributed by atoms with E-state index in [1.54, 1.807) is 35.2 Å². The predicted octanol–water partition coefficient (Wildman–Crippen LogP) is 5.06. The third kappa shape index (κ3) is 7.47. The Morgan fingerprint density at radius 1 is 0.846 bits per heavy atom. The molecule has 0 heterocycles. The summed E-state index contributed by atoms with van der Waals surface area (Å²) in [5.41, 5.74) is 27.7. The Morgan fingerprint density at radius 3 is 1.50 bits per heavy atom. The standard InChI is InChI=1S/C10H6O2.C7H8O.HN3.N3/c11-9-5-6-10(12)8-4-2-1-3-7(8)9;1-6-4-2-3-5-7(6)8;2*1-3-2/h1-6H;2-5,8H,1H3;1H;/q;;;-1. The molecule has 132 valence electrons. The van der Waals surface area contributed by atoms with E-state index < -0.39 is 0 Å². The third-order valence-electron chi connectivity index (χ3n) is 2.96. The number of phenolic OH excluding ortho intramolecular Hbond substituents is 1. The maximum Gasteiger partial charge on any atom is 0.186 e. The number of hydrogen-bond acceptors (Lipinski definition) is 4. The molecule has 2 aromatic carbocycles. The normalized spacial score (nSPS) is 10.2. The Labute approximate surface area is 149 Å². The van der Waals surface area contributed by atoms with Crippen molar-refractivity contribution in [2.24, 2.45) is 0 Å². The SMILES string of the molecule is Cc1ccccc1O.O=C1C=CC(=O)c2ccccc21.[N-]=[N+]=N.[N-]=[N+]=[N-]. The first-order valence-electron chi connectivity index (χ1n) is 7.02. The summed E-state index contributed by atoms with van der Waals surface area (Å²) in [6.07, 6.45) is 2.62. The van der Waals surface area contributed by atoms with E-state index >= 15 is 0 Å². The Balaban J connectivity index is 0.000000387. The van der Waals surface area contributed by atoms with Crippen LogP contribution >= 0.6 is 0 Å². The van der Waals surface area contributed by atoms with Gasteiger partial charge < -0.3 is 16.2 Å². The molecule has 9 heteroatoms. The molecular formula is C17H15N6O3-. The zero-order valence-electron chi connectivity index (χ0n) is 13.8. The number of benzene rings is 2. The molecule has 26 heavy (non-hydrogen) atoms. The average molecular weight is 351 g/mol. The van der Waals surface area contributed by atoms with Crippen LogP contribution in [0.5, 0.6) is 5.75 Å². The number of carbonyl (C=O) groups excluding carboxylic acids is 2. The van der Waals surface area contributed by atoms with E-state index in [2.05, 4.69) is 0 Å². The first-order valence-corrected chi connectivity index (χ1v) is 7.02. The minimum atomic E-state index is -0.0924. The van der Waals surface area contributed by atoms with Gasteiger partial charge >= 0.3 is 0 Å². The summed E-state index contributed by atoms with van der Waals surface area (Å²) in [5.74, 6) is 0.183. The molecule has 0 fully saturated rings. The Bertz CT molecular complexity index is 794. The van der Waals surface area contributed by atoms with E-state index in [0.717, 1.165) is 5.56 Å². The molecule has 0 amide bonds. The second kappa shape index (κ2) is 12.4. The smallest absolute Gasteiger partial charge is 0.186 e. The van der Waals surface area contributed by atoms with Crippen molar-refractivity contribution < 1.29 is 14.7 Å². The van der Waals surface area contributed by atoms with Crippen LogP contribution in [0.4, 0.5) is 0 Å². The largest absolute Gasteiger partial charge is 0.508 e. The molecule has 1 aliphatic rings. The van der Waals surface area contributed by atoms with Gasteiger partial charge in [-0.3, -0.25) is 14.5 Å². The molecule has 0 bridgehead atoms. The van der Waals surface area contributed by atoms with E-state index in [4.69, 9.17) is 27.2 Å². The first-order chi connectivity index (χ1) is 12.4. The summed E-state index contributed by atoms with van der Waals surface area (Å²) in [4.78, 5) is 25.6. The number of carbonyl (C=O) groups is 2. The number of nitrogens with zero attached hydrogens (tertiary/aromatic N) is 5. The lowest BCUT2D eigenvalue weighted by Crippen LogP contribution is -2.10. The average Bonchev–Trinajstić information content (AvgIpc) is 2.63. The fourth-order valence-electron chi connectivity index (χ4n) is 1.81. The van der Waals surface area contributed by atoms with Crippen molar-refractivity contribution in [3.63, 3.8) is 0 Å². The Hall–Kier alpha value is -4.06. The molecule has 0 saturated heterocycles. The minimum Gasteiger partial charge on any atom is -0.508 e. The highest BCUT2D eigenvalue weighted by atomic mass is 16.3. The van der Waals surface area contributed by atoms with Gasteiger partial charge in [0.05, 0.1) is 0 Å². The Kier molecular flexibility index (Phi) is 10.4. The molecular weight excluding hydrogens is 336 g/mol. The molecule has 0 spiro atoms. The fourth-order valence-corrected chi connectivity index (χ4v) is 1.81. The van der Waals surface area contributed by atoms with Crippen molar-refractivity contribution in [1.82, 2.24) is 0 Å². The van der Waals surface area contributed by atoms with E-state index in [1.807, 2.05) is 25.1 Å². The van der Waals surface area contributed by atoms with Crippen LogP contribution in [0.1, 0.15) is 26.3 Å². The molecule has 0 aromatic heterocycles. The number of rotatable bonds is 0. The number of para-hydroxylation sites is 1. The van der Waals surface area contributed by atoms with Crippen molar-refractivity contribution in [3.05, 3.63) is 104 Å². The van der Waals surface area contributed by atoms with Crippen molar-refractivity contribution >= 4 is 11.6 Å². The molecule has 0 saturated carbocycles. The van der Waals surface area contributed by atoms with Crippen molar-refractivity contribution in [2.45, 2.75) is 6.92 Å². The topological polar surface area (TPSA) is 173 Å². The van der Waals surface area contributed by atoms with E-state index in [0.29, 0.717) is 16.9 Å². The molecule has 9 nitrogen and oxygen atoms in total. The van der Waals surface area contributed by atoms with E-state index in [-0.39, 0.29) is 11.6 Å². The fraction of sp³-hybridized carbons (Fsp3) is 0.0588. The van der Waals surface area contributed by atoms with Crippen LogP contribution in [0.25, 0.3) is 26.4 Å². The maximum atomic E-state index is 11.2. The van der Waals surface area contributed by atoms with Crippen LogP contribution in [0.3, 0.4) is 0 Å². The van der Waals surface area contributed by atoms with Gasteiger partial charge in [0, 0.05) is 11.1 Å². The molecule has 0 unspecified atom stereocenters. The number of nitrogens with one attached hydrogen (secondary N) is 1. The van der Waals surface area contributed by atoms with Crippen molar-refractivity contribution in [1.29, 1.82) is 5.53 Å². The van der Waals surface area contributed by atoms with Gasteiger partial charge in [0.15, 0.2) is 11.6 Å². The van der Waals surface area contributed by atoms with Crippen LogP contribution < -0.4 is 0 Å². The van der Waals surface area contributed by atoms with Gasteiger partial charge in [-0.2, -0.15) is 0 Å². The van der Waals surface area contributed by atoms with Crippen LogP contribution in [-0.2, 0) is 0 Å². The summed E-state index contributed by atoms with van der Waals surface area (Å²) < 4.78 is 0. The van der Waals surface area contributed by atoms with Gasteiger partial charge in [0.1, 0.15) is 5.75 Å². The number of allylic oxidation sites excluding steroid dienone is 2. The maximum absolute atomic E-state index is 11.2. The second-order valence-corrected chi connectivity index (χ2v) is 4.58. The number of phenols is 1. The molecule has 0 radical (unpaired) electrons. The van der Waals surface area contributed by atoms with Gasteiger partial charge in [0.2, 0.25) is 0 Å². The third-order valence-corrected chi connectivity index (χ3v) is 2.96. The first kappa shape index (κ1) is 21.9. The monoisotopic (exact) mass is 351 g/mol. The van der Waals surface area contributed by atoms with E-state index in [9.17, 15) is 9.59 Å². The van der Waals surface area contributed by atoms with Crippen LogP contribution in [0.15, 0.2) is 60.7 Å². The lowest BCUT2D eigenvalue weighted by molar-refractivity contribution is 0.0994. The number of ketones is 2. The van der Waals surface area contributed by atoms with Crippen molar-refractivity contribution in [3.8, 4) is 5.75 Å². The number of aryl methyl sites for hydroxylation is 1. The van der Waals surface area contributed by atoms with Gasteiger partial charge in [0.25, 0.3) is 0 Å². The molecule has 0 aliphatic heterocycles. The zero-order chi connectivity index (χ0) is 19.9.